The van der Waals surface area contributed by atoms with Crippen molar-refractivity contribution < 1.29 is 0 Å². The van der Waals surface area contributed by atoms with Crippen LogP contribution in [0.5, 0.6) is 0 Å². The van der Waals surface area contributed by atoms with Crippen LogP contribution in [0.4, 0.5) is 0 Å². The summed E-state index contributed by atoms with van der Waals surface area (Å²) in [6.07, 6.45) is 10.1. The second-order valence-electron chi connectivity index (χ2n) is 3.65. The van der Waals surface area contributed by atoms with Gasteiger partial charge in [0.2, 0.25) is 0 Å². The fourth-order valence-corrected chi connectivity index (χ4v) is 1.97. The predicted molar refractivity (Wildman–Crippen MR) is 42.9 cm³/mol. The van der Waals surface area contributed by atoms with Crippen molar-refractivity contribution in [2.75, 3.05) is 13.1 Å². The Balaban J connectivity index is 1.97. The zero-order valence-electron chi connectivity index (χ0n) is 6.40. The average molecular weight is 137 g/mol. The highest BCUT2D eigenvalue weighted by Gasteiger charge is 2.35. The van der Waals surface area contributed by atoms with Gasteiger partial charge < -0.3 is 5.32 Å². The molecule has 0 radical (unpaired) electrons. The first kappa shape index (κ1) is 6.41. The molecule has 1 fully saturated rings. The maximum Gasteiger partial charge on any atom is 0.00204 e. The highest BCUT2D eigenvalue weighted by Crippen LogP contribution is 2.35. The standard InChI is InChI=1S/C9H15N/c1-2-4-6-9(5-3-1)7-10-8-9/h1-2,10H,3-8H2. The summed E-state index contributed by atoms with van der Waals surface area (Å²) in [5.41, 5.74) is 0.712. The van der Waals surface area contributed by atoms with Crippen molar-refractivity contribution in [2.45, 2.75) is 25.7 Å². The molecule has 0 saturated carbocycles. The lowest BCUT2D eigenvalue weighted by Gasteiger charge is -2.42. The Bertz CT molecular complexity index is 133. The van der Waals surface area contributed by atoms with Gasteiger partial charge in [-0.15, -0.1) is 0 Å². The van der Waals surface area contributed by atoms with E-state index in [-0.39, 0.29) is 0 Å². The quantitative estimate of drug-likeness (QED) is 0.501. The largest absolute Gasteiger partial charge is 0.316 e. The summed E-state index contributed by atoms with van der Waals surface area (Å²) in [7, 11) is 0. The van der Waals surface area contributed by atoms with Crippen LogP contribution >= 0.6 is 0 Å². The molecule has 1 nitrogen and oxygen atoms in total. The third-order valence-corrected chi connectivity index (χ3v) is 2.85. The molecule has 0 atom stereocenters. The van der Waals surface area contributed by atoms with Gasteiger partial charge in [-0.3, -0.25) is 0 Å². The Morgan fingerprint density at radius 2 is 1.60 bits per heavy atom. The molecule has 1 heteroatoms. The van der Waals surface area contributed by atoms with Crippen LogP contribution in [0, 0.1) is 5.41 Å². The number of nitrogens with one attached hydrogen (secondary N) is 1. The summed E-state index contributed by atoms with van der Waals surface area (Å²) < 4.78 is 0. The predicted octanol–water partition coefficient (Wildman–Crippen LogP) is 1.71. The highest BCUT2D eigenvalue weighted by atomic mass is 15.0. The Morgan fingerprint density at radius 3 is 2.00 bits per heavy atom. The molecular weight excluding hydrogens is 122 g/mol. The summed E-state index contributed by atoms with van der Waals surface area (Å²) in [5, 5.41) is 3.37. The number of allylic oxidation sites excluding steroid dienone is 2. The Kier molecular flexibility index (Phi) is 1.53. The minimum Gasteiger partial charge on any atom is -0.316 e. The molecule has 2 rings (SSSR count). The molecule has 1 N–H and O–H groups in total. The van der Waals surface area contributed by atoms with Gasteiger partial charge in [-0.05, 0) is 31.1 Å². The molecule has 10 heavy (non-hydrogen) atoms. The van der Waals surface area contributed by atoms with Crippen LogP contribution in [0.3, 0.4) is 0 Å². The van der Waals surface area contributed by atoms with E-state index in [1.165, 1.54) is 38.8 Å². The maximum absolute atomic E-state index is 3.37. The lowest BCUT2D eigenvalue weighted by atomic mass is 9.75. The van der Waals surface area contributed by atoms with E-state index in [2.05, 4.69) is 17.5 Å². The fraction of sp³-hybridized carbons (Fsp3) is 0.778. The molecule has 2 aliphatic rings. The van der Waals surface area contributed by atoms with Crippen molar-refractivity contribution >= 4 is 0 Å². The average Bonchev–Trinajstić information content (AvgIpc) is 2.08. The van der Waals surface area contributed by atoms with Gasteiger partial charge in [0.05, 0.1) is 0 Å². The molecule has 56 valence electrons. The van der Waals surface area contributed by atoms with Crippen molar-refractivity contribution in [3.05, 3.63) is 12.2 Å². The van der Waals surface area contributed by atoms with Crippen molar-refractivity contribution in [1.82, 2.24) is 5.32 Å². The van der Waals surface area contributed by atoms with Crippen LogP contribution in [-0.4, -0.2) is 13.1 Å². The Labute approximate surface area is 62.5 Å². The van der Waals surface area contributed by atoms with Crippen LogP contribution in [0.25, 0.3) is 0 Å². The summed E-state index contributed by atoms with van der Waals surface area (Å²) in [4.78, 5) is 0. The molecule has 1 saturated heterocycles. The lowest BCUT2D eigenvalue weighted by molar-refractivity contribution is 0.144. The molecule has 1 heterocycles. The topological polar surface area (TPSA) is 12.0 Å². The lowest BCUT2D eigenvalue weighted by Crippen LogP contribution is -2.52. The molecule has 0 aromatic heterocycles. The molecule has 1 aliphatic carbocycles. The Morgan fingerprint density at radius 1 is 1.00 bits per heavy atom. The third kappa shape index (κ3) is 0.988. The van der Waals surface area contributed by atoms with Crippen molar-refractivity contribution in [3.63, 3.8) is 0 Å². The molecule has 0 amide bonds. The molecule has 0 aromatic carbocycles. The van der Waals surface area contributed by atoms with E-state index in [1.807, 2.05) is 0 Å². The van der Waals surface area contributed by atoms with Gasteiger partial charge >= 0.3 is 0 Å². The van der Waals surface area contributed by atoms with Crippen LogP contribution in [0.2, 0.25) is 0 Å². The smallest absolute Gasteiger partial charge is 0.00204 e. The molecular formula is C9H15N. The molecule has 1 aliphatic heterocycles. The van der Waals surface area contributed by atoms with Gasteiger partial charge in [0.25, 0.3) is 0 Å². The van der Waals surface area contributed by atoms with Crippen LogP contribution < -0.4 is 5.32 Å². The molecule has 0 bridgehead atoms. The zero-order chi connectivity index (χ0) is 6.86. The summed E-state index contributed by atoms with van der Waals surface area (Å²) >= 11 is 0. The summed E-state index contributed by atoms with van der Waals surface area (Å²) in [6, 6.07) is 0. The first-order valence-corrected chi connectivity index (χ1v) is 4.27. The second kappa shape index (κ2) is 2.39. The molecule has 1 spiro atoms. The van der Waals surface area contributed by atoms with E-state index in [1.54, 1.807) is 0 Å². The molecule has 0 aromatic rings. The van der Waals surface area contributed by atoms with E-state index in [0.717, 1.165) is 0 Å². The second-order valence-corrected chi connectivity index (χ2v) is 3.65. The number of hydrogen-bond donors (Lipinski definition) is 1. The maximum atomic E-state index is 3.37. The Hall–Kier alpha value is -0.300. The third-order valence-electron chi connectivity index (χ3n) is 2.85. The minimum absolute atomic E-state index is 0.712. The van der Waals surface area contributed by atoms with E-state index in [9.17, 15) is 0 Å². The normalized spacial score (nSPS) is 29.6. The number of hydrogen-bond acceptors (Lipinski definition) is 1. The first-order valence-electron chi connectivity index (χ1n) is 4.27. The van der Waals surface area contributed by atoms with E-state index in [0.29, 0.717) is 5.41 Å². The van der Waals surface area contributed by atoms with E-state index < -0.39 is 0 Å². The van der Waals surface area contributed by atoms with Crippen molar-refractivity contribution in [3.8, 4) is 0 Å². The minimum atomic E-state index is 0.712. The number of rotatable bonds is 0. The van der Waals surface area contributed by atoms with E-state index in [4.69, 9.17) is 0 Å². The molecule has 0 unspecified atom stereocenters. The van der Waals surface area contributed by atoms with E-state index >= 15 is 0 Å². The monoisotopic (exact) mass is 137 g/mol. The van der Waals surface area contributed by atoms with Crippen LogP contribution in [0.15, 0.2) is 12.2 Å². The van der Waals surface area contributed by atoms with Gasteiger partial charge in [0.1, 0.15) is 0 Å². The zero-order valence-corrected chi connectivity index (χ0v) is 6.40. The van der Waals surface area contributed by atoms with Gasteiger partial charge in [0, 0.05) is 13.1 Å². The SMILES string of the molecule is C1=CCCC2(CC1)CNC2. The van der Waals surface area contributed by atoms with Gasteiger partial charge in [0.15, 0.2) is 0 Å². The van der Waals surface area contributed by atoms with Gasteiger partial charge in [-0.25, -0.2) is 0 Å². The fourth-order valence-electron chi connectivity index (χ4n) is 1.97. The summed E-state index contributed by atoms with van der Waals surface area (Å²) in [6.45, 7) is 2.54. The van der Waals surface area contributed by atoms with Crippen molar-refractivity contribution in [1.29, 1.82) is 0 Å². The van der Waals surface area contributed by atoms with Crippen LogP contribution in [0.1, 0.15) is 25.7 Å². The van der Waals surface area contributed by atoms with Gasteiger partial charge in [-0.1, -0.05) is 12.2 Å². The summed E-state index contributed by atoms with van der Waals surface area (Å²) in [5.74, 6) is 0. The van der Waals surface area contributed by atoms with Gasteiger partial charge in [-0.2, -0.15) is 0 Å². The van der Waals surface area contributed by atoms with Crippen LogP contribution in [-0.2, 0) is 0 Å². The highest BCUT2D eigenvalue weighted by molar-refractivity contribution is 4.99. The first-order chi connectivity index (χ1) is 4.91. The van der Waals surface area contributed by atoms with Crippen molar-refractivity contribution in [2.24, 2.45) is 5.41 Å².